The molecule has 0 saturated heterocycles. The van der Waals surface area contributed by atoms with Gasteiger partial charge in [-0.2, -0.15) is 0 Å². The maximum atomic E-state index is 5.91. The molecule has 1 aliphatic carbocycles. The summed E-state index contributed by atoms with van der Waals surface area (Å²) in [5.41, 5.74) is 7.51. The van der Waals surface area contributed by atoms with Crippen molar-refractivity contribution in [3.63, 3.8) is 0 Å². The molecule has 0 bridgehead atoms. The highest BCUT2D eigenvalue weighted by Gasteiger charge is 2.29. The topological polar surface area (TPSA) is 84.9 Å². The average molecular weight is 345 g/mol. The molecule has 138 valence electrons. The van der Waals surface area contributed by atoms with E-state index in [-0.39, 0.29) is 0 Å². The number of hydrogen-bond donors (Lipinski definition) is 2. The van der Waals surface area contributed by atoms with Crippen molar-refractivity contribution in [3.05, 3.63) is 12.7 Å². The minimum absolute atomic E-state index is 0.466. The smallest absolute Gasteiger partial charge is 0.165 e. The molecule has 2 aromatic rings. The largest absolute Gasteiger partial charge is 0.382 e. The van der Waals surface area contributed by atoms with E-state index in [1.165, 1.54) is 38.6 Å². The SMILES string of the molecule is CNCCCN(CC1CCC(n2cnc3c(N)ncnc32)C1)C(C)C. The summed E-state index contributed by atoms with van der Waals surface area (Å²) in [5, 5.41) is 3.24. The molecule has 2 unspecified atom stereocenters. The lowest BCUT2D eigenvalue weighted by molar-refractivity contribution is 0.184. The van der Waals surface area contributed by atoms with Gasteiger partial charge in [0.25, 0.3) is 0 Å². The first-order valence-electron chi connectivity index (χ1n) is 9.41. The number of nitrogens with two attached hydrogens (primary N) is 1. The highest BCUT2D eigenvalue weighted by Crippen LogP contribution is 2.36. The first kappa shape index (κ1) is 18.1. The third kappa shape index (κ3) is 4.10. The second-order valence-electron chi connectivity index (χ2n) is 7.46. The molecular weight excluding hydrogens is 314 g/mol. The molecule has 7 nitrogen and oxygen atoms in total. The van der Waals surface area contributed by atoms with Gasteiger partial charge in [-0.3, -0.25) is 0 Å². The van der Waals surface area contributed by atoms with Crippen molar-refractivity contribution in [3.8, 4) is 0 Å². The van der Waals surface area contributed by atoms with Crippen LogP contribution in [0.3, 0.4) is 0 Å². The Hall–Kier alpha value is -1.73. The molecule has 1 saturated carbocycles. The predicted octanol–water partition coefficient (Wildman–Crippen LogP) is 2.07. The lowest BCUT2D eigenvalue weighted by atomic mass is 10.1. The molecule has 2 atom stereocenters. The molecule has 7 heteroatoms. The minimum atomic E-state index is 0.466. The first-order valence-corrected chi connectivity index (χ1v) is 9.41. The Morgan fingerprint density at radius 1 is 1.32 bits per heavy atom. The number of nitrogen functional groups attached to an aromatic ring is 1. The molecule has 0 aromatic carbocycles. The number of hydrogen-bond acceptors (Lipinski definition) is 6. The molecule has 1 aliphatic rings. The van der Waals surface area contributed by atoms with Crippen LogP contribution in [0.15, 0.2) is 12.7 Å². The molecule has 0 radical (unpaired) electrons. The fourth-order valence-electron chi connectivity index (χ4n) is 3.96. The van der Waals surface area contributed by atoms with Crippen molar-refractivity contribution in [2.75, 3.05) is 32.4 Å². The minimum Gasteiger partial charge on any atom is -0.382 e. The summed E-state index contributed by atoms with van der Waals surface area (Å²) in [6.45, 7) is 8.03. The van der Waals surface area contributed by atoms with E-state index in [9.17, 15) is 0 Å². The molecule has 2 aromatic heterocycles. The van der Waals surface area contributed by atoms with Crippen molar-refractivity contribution in [1.29, 1.82) is 0 Å². The zero-order valence-corrected chi connectivity index (χ0v) is 15.6. The number of nitrogens with one attached hydrogen (secondary N) is 1. The highest BCUT2D eigenvalue weighted by atomic mass is 15.2. The van der Waals surface area contributed by atoms with Gasteiger partial charge >= 0.3 is 0 Å². The van der Waals surface area contributed by atoms with Crippen LogP contribution in [0, 0.1) is 5.92 Å². The second kappa shape index (κ2) is 8.10. The van der Waals surface area contributed by atoms with Gasteiger partial charge in [0.05, 0.1) is 6.33 Å². The van der Waals surface area contributed by atoms with Crippen molar-refractivity contribution in [2.45, 2.75) is 51.6 Å². The monoisotopic (exact) mass is 345 g/mol. The molecule has 2 heterocycles. The Morgan fingerprint density at radius 3 is 2.92 bits per heavy atom. The standard InChI is InChI=1S/C18H31N7/c1-13(2)24(8-4-7-20-3)10-14-5-6-15(9-14)25-12-23-16-17(19)21-11-22-18(16)25/h11-15,20H,4-10H2,1-3H3,(H2,19,21,22). The number of nitrogens with zero attached hydrogens (tertiary/aromatic N) is 5. The maximum absolute atomic E-state index is 5.91. The number of fused-ring (bicyclic) bond motifs is 1. The van der Waals surface area contributed by atoms with Crippen LogP contribution in [0.2, 0.25) is 0 Å². The van der Waals surface area contributed by atoms with E-state index in [2.05, 4.69) is 43.6 Å². The van der Waals surface area contributed by atoms with Crippen LogP contribution in [0.5, 0.6) is 0 Å². The van der Waals surface area contributed by atoms with Crippen LogP contribution in [-0.2, 0) is 0 Å². The summed E-state index contributed by atoms with van der Waals surface area (Å²) in [6, 6.07) is 1.06. The van der Waals surface area contributed by atoms with Gasteiger partial charge < -0.3 is 20.5 Å². The van der Waals surface area contributed by atoms with E-state index in [0.717, 1.165) is 30.2 Å². The summed E-state index contributed by atoms with van der Waals surface area (Å²) >= 11 is 0. The summed E-state index contributed by atoms with van der Waals surface area (Å²) in [5.74, 6) is 1.20. The van der Waals surface area contributed by atoms with Gasteiger partial charge in [0, 0.05) is 18.6 Å². The lowest BCUT2D eigenvalue weighted by Crippen LogP contribution is -2.36. The van der Waals surface area contributed by atoms with E-state index < -0.39 is 0 Å². The highest BCUT2D eigenvalue weighted by molar-refractivity contribution is 5.81. The number of anilines is 1. The van der Waals surface area contributed by atoms with E-state index >= 15 is 0 Å². The Balaban J connectivity index is 1.63. The molecule has 3 rings (SSSR count). The van der Waals surface area contributed by atoms with Gasteiger partial charge in [0.1, 0.15) is 11.8 Å². The van der Waals surface area contributed by atoms with Crippen LogP contribution in [0.25, 0.3) is 11.2 Å². The van der Waals surface area contributed by atoms with Crippen LogP contribution in [0.4, 0.5) is 5.82 Å². The number of rotatable bonds is 8. The molecule has 0 spiro atoms. The fourth-order valence-corrected chi connectivity index (χ4v) is 3.96. The van der Waals surface area contributed by atoms with E-state index in [1.54, 1.807) is 0 Å². The van der Waals surface area contributed by atoms with Crippen LogP contribution >= 0.6 is 0 Å². The van der Waals surface area contributed by atoms with Crippen LogP contribution < -0.4 is 11.1 Å². The average Bonchev–Trinajstić information content (AvgIpc) is 3.21. The van der Waals surface area contributed by atoms with E-state index in [1.807, 2.05) is 13.4 Å². The molecule has 1 fully saturated rings. The van der Waals surface area contributed by atoms with Crippen molar-refractivity contribution >= 4 is 17.0 Å². The van der Waals surface area contributed by atoms with Crippen LogP contribution in [0.1, 0.15) is 45.6 Å². The summed E-state index contributed by atoms with van der Waals surface area (Å²) < 4.78 is 2.20. The van der Waals surface area contributed by atoms with Gasteiger partial charge in [0.2, 0.25) is 0 Å². The third-order valence-corrected chi connectivity index (χ3v) is 5.39. The van der Waals surface area contributed by atoms with Gasteiger partial charge in [-0.15, -0.1) is 0 Å². The van der Waals surface area contributed by atoms with Crippen molar-refractivity contribution < 1.29 is 0 Å². The van der Waals surface area contributed by atoms with Gasteiger partial charge in [-0.25, -0.2) is 15.0 Å². The van der Waals surface area contributed by atoms with Gasteiger partial charge in [0.15, 0.2) is 11.5 Å². The Kier molecular flexibility index (Phi) is 5.86. The van der Waals surface area contributed by atoms with Crippen LogP contribution in [-0.4, -0.2) is 57.1 Å². The zero-order chi connectivity index (χ0) is 17.8. The van der Waals surface area contributed by atoms with E-state index in [0.29, 0.717) is 17.9 Å². The normalized spacial score (nSPS) is 21.0. The van der Waals surface area contributed by atoms with E-state index in [4.69, 9.17) is 5.73 Å². The Morgan fingerprint density at radius 2 is 2.16 bits per heavy atom. The van der Waals surface area contributed by atoms with Gasteiger partial charge in [-0.05, 0) is 65.6 Å². The van der Waals surface area contributed by atoms with Crippen molar-refractivity contribution in [1.82, 2.24) is 29.7 Å². The molecule has 25 heavy (non-hydrogen) atoms. The maximum Gasteiger partial charge on any atom is 0.165 e. The number of imidazole rings is 1. The fraction of sp³-hybridized carbons (Fsp3) is 0.722. The summed E-state index contributed by atoms with van der Waals surface area (Å²) in [6.07, 6.45) is 8.25. The Labute approximate surface area is 150 Å². The second-order valence-corrected chi connectivity index (χ2v) is 7.46. The molecular formula is C18H31N7. The lowest BCUT2D eigenvalue weighted by Gasteiger charge is -2.29. The quantitative estimate of drug-likeness (QED) is 0.713. The molecule has 0 aliphatic heterocycles. The molecule has 3 N–H and O–H groups in total. The summed E-state index contributed by atoms with van der Waals surface area (Å²) in [7, 11) is 2.02. The van der Waals surface area contributed by atoms with Crippen molar-refractivity contribution in [2.24, 2.45) is 5.92 Å². The number of aromatic nitrogens is 4. The van der Waals surface area contributed by atoms with Gasteiger partial charge in [-0.1, -0.05) is 0 Å². The third-order valence-electron chi connectivity index (χ3n) is 5.39. The summed E-state index contributed by atoms with van der Waals surface area (Å²) in [4.78, 5) is 15.5. The Bertz CT molecular complexity index is 681. The zero-order valence-electron chi connectivity index (χ0n) is 15.6. The molecule has 0 amide bonds. The first-order chi connectivity index (χ1) is 12.1. The predicted molar refractivity (Wildman–Crippen MR) is 101 cm³/mol.